The zero-order valence-electron chi connectivity index (χ0n) is 8.43. The lowest BCUT2D eigenvalue weighted by molar-refractivity contribution is 0.686. The molecule has 0 aliphatic heterocycles. The SMILES string of the molecule is NC(=S)c1ccc(Cn2cc(I)cn2)cc1. The predicted molar refractivity (Wildman–Crippen MR) is 76.4 cm³/mol. The molecule has 2 rings (SSSR count). The maximum Gasteiger partial charge on any atom is 0.103 e. The third-order valence-electron chi connectivity index (χ3n) is 2.18. The van der Waals surface area contributed by atoms with Crippen LogP contribution in [-0.2, 0) is 6.54 Å². The molecule has 0 bridgehead atoms. The number of benzene rings is 1. The van der Waals surface area contributed by atoms with Crippen LogP contribution in [0.1, 0.15) is 11.1 Å². The van der Waals surface area contributed by atoms with Crippen LogP contribution in [0.15, 0.2) is 36.7 Å². The molecule has 0 saturated carbocycles. The van der Waals surface area contributed by atoms with Gasteiger partial charge in [0.15, 0.2) is 0 Å². The molecular formula is C11H10IN3S. The van der Waals surface area contributed by atoms with Crippen molar-refractivity contribution in [1.82, 2.24) is 9.78 Å². The van der Waals surface area contributed by atoms with Crippen LogP contribution in [0, 0.1) is 3.57 Å². The lowest BCUT2D eigenvalue weighted by Crippen LogP contribution is -2.09. The maximum atomic E-state index is 5.53. The van der Waals surface area contributed by atoms with Crippen LogP contribution in [-0.4, -0.2) is 14.8 Å². The molecule has 1 heterocycles. The third-order valence-corrected chi connectivity index (χ3v) is 2.98. The molecule has 16 heavy (non-hydrogen) atoms. The van der Waals surface area contributed by atoms with E-state index in [0.29, 0.717) is 4.99 Å². The summed E-state index contributed by atoms with van der Waals surface area (Å²) in [6, 6.07) is 7.91. The zero-order chi connectivity index (χ0) is 11.5. The minimum absolute atomic E-state index is 0.431. The second kappa shape index (κ2) is 4.92. The van der Waals surface area contributed by atoms with E-state index in [0.717, 1.165) is 15.7 Å². The minimum Gasteiger partial charge on any atom is -0.389 e. The van der Waals surface area contributed by atoms with Gasteiger partial charge in [-0.1, -0.05) is 36.5 Å². The van der Waals surface area contributed by atoms with Gasteiger partial charge in [-0.2, -0.15) is 5.10 Å². The van der Waals surface area contributed by atoms with Gasteiger partial charge in [-0.15, -0.1) is 0 Å². The fourth-order valence-electron chi connectivity index (χ4n) is 1.39. The Morgan fingerprint density at radius 2 is 2.06 bits per heavy atom. The Hall–Kier alpha value is -0.950. The summed E-state index contributed by atoms with van der Waals surface area (Å²) in [6.45, 7) is 0.764. The molecule has 2 aromatic rings. The Morgan fingerprint density at radius 3 is 2.56 bits per heavy atom. The van der Waals surface area contributed by atoms with Crippen molar-refractivity contribution >= 4 is 39.8 Å². The highest BCUT2D eigenvalue weighted by molar-refractivity contribution is 14.1. The van der Waals surface area contributed by atoms with Crippen molar-refractivity contribution in [2.45, 2.75) is 6.54 Å². The number of halogens is 1. The van der Waals surface area contributed by atoms with Gasteiger partial charge in [0.25, 0.3) is 0 Å². The highest BCUT2D eigenvalue weighted by Crippen LogP contribution is 2.08. The quantitative estimate of drug-likeness (QED) is 0.686. The van der Waals surface area contributed by atoms with E-state index in [9.17, 15) is 0 Å². The zero-order valence-corrected chi connectivity index (χ0v) is 11.4. The molecule has 1 aromatic heterocycles. The van der Waals surface area contributed by atoms with E-state index >= 15 is 0 Å². The van der Waals surface area contributed by atoms with Crippen molar-refractivity contribution in [3.8, 4) is 0 Å². The standard InChI is InChI=1S/C11H10IN3S/c12-10-5-14-15(7-10)6-8-1-3-9(4-2-8)11(13)16/h1-5,7H,6H2,(H2,13,16). The fraction of sp³-hybridized carbons (Fsp3) is 0.0909. The first-order chi connectivity index (χ1) is 7.65. The molecule has 82 valence electrons. The van der Waals surface area contributed by atoms with Crippen LogP contribution in [0.25, 0.3) is 0 Å². The Morgan fingerprint density at radius 1 is 1.38 bits per heavy atom. The van der Waals surface area contributed by atoms with Gasteiger partial charge in [-0.05, 0) is 28.2 Å². The van der Waals surface area contributed by atoms with E-state index in [-0.39, 0.29) is 0 Å². The number of aromatic nitrogens is 2. The van der Waals surface area contributed by atoms with Crippen LogP contribution in [0.4, 0.5) is 0 Å². The second-order valence-corrected chi connectivity index (χ2v) is 5.10. The first kappa shape index (κ1) is 11.5. The van der Waals surface area contributed by atoms with Gasteiger partial charge in [0.2, 0.25) is 0 Å². The van der Waals surface area contributed by atoms with Crippen molar-refractivity contribution < 1.29 is 0 Å². The van der Waals surface area contributed by atoms with Crippen molar-refractivity contribution in [3.05, 3.63) is 51.4 Å². The molecule has 0 aliphatic carbocycles. The molecule has 0 aliphatic rings. The van der Waals surface area contributed by atoms with Gasteiger partial charge in [-0.25, -0.2) is 0 Å². The highest BCUT2D eigenvalue weighted by atomic mass is 127. The second-order valence-electron chi connectivity index (χ2n) is 3.42. The van der Waals surface area contributed by atoms with Gasteiger partial charge in [0.1, 0.15) is 4.99 Å². The summed E-state index contributed by atoms with van der Waals surface area (Å²) in [6.07, 6.45) is 3.84. The largest absolute Gasteiger partial charge is 0.389 e. The van der Waals surface area contributed by atoms with E-state index in [2.05, 4.69) is 27.7 Å². The number of thiocarbonyl (C=S) groups is 1. The summed E-state index contributed by atoms with van der Waals surface area (Å²) in [5, 5.41) is 4.23. The lowest BCUT2D eigenvalue weighted by Gasteiger charge is -2.03. The number of nitrogens with zero attached hydrogens (tertiary/aromatic N) is 2. The smallest absolute Gasteiger partial charge is 0.103 e. The average Bonchev–Trinajstić information content (AvgIpc) is 2.65. The molecule has 3 nitrogen and oxygen atoms in total. The molecule has 0 radical (unpaired) electrons. The Labute approximate surface area is 113 Å². The Balaban J connectivity index is 2.14. The van der Waals surface area contributed by atoms with Gasteiger partial charge >= 0.3 is 0 Å². The van der Waals surface area contributed by atoms with Crippen LogP contribution >= 0.6 is 34.8 Å². The maximum absolute atomic E-state index is 5.53. The number of hydrogen-bond acceptors (Lipinski definition) is 2. The molecule has 2 N–H and O–H groups in total. The minimum atomic E-state index is 0.431. The van der Waals surface area contributed by atoms with Gasteiger partial charge in [-0.3, -0.25) is 4.68 Å². The first-order valence-electron chi connectivity index (χ1n) is 4.72. The van der Waals surface area contributed by atoms with Crippen molar-refractivity contribution in [1.29, 1.82) is 0 Å². The summed E-state index contributed by atoms with van der Waals surface area (Å²) in [5.74, 6) is 0. The van der Waals surface area contributed by atoms with E-state index in [1.165, 1.54) is 5.56 Å². The average molecular weight is 343 g/mol. The molecule has 0 atom stereocenters. The number of hydrogen-bond donors (Lipinski definition) is 1. The van der Waals surface area contributed by atoms with Crippen LogP contribution in [0.3, 0.4) is 0 Å². The topological polar surface area (TPSA) is 43.8 Å². The summed E-state index contributed by atoms with van der Waals surface area (Å²) < 4.78 is 3.04. The summed E-state index contributed by atoms with van der Waals surface area (Å²) >= 11 is 7.14. The molecule has 1 aromatic carbocycles. The summed E-state index contributed by atoms with van der Waals surface area (Å²) in [4.78, 5) is 0.431. The third kappa shape index (κ3) is 2.79. The van der Waals surface area contributed by atoms with Gasteiger partial charge in [0, 0.05) is 11.8 Å². The molecule has 0 saturated heterocycles. The van der Waals surface area contributed by atoms with E-state index < -0.39 is 0 Å². The predicted octanol–water partition coefficient (Wildman–Crippen LogP) is 2.17. The monoisotopic (exact) mass is 343 g/mol. The van der Waals surface area contributed by atoms with E-state index in [1.807, 2.05) is 41.3 Å². The van der Waals surface area contributed by atoms with Crippen molar-refractivity contribution in [3.63, 3.8) is 0 Å². The van der Waals surface area contributed by atoms with E-state index in [4.69, 9.17) is 18.0 Å². The molecular weight excluding hydrogens is 333 g/mol. The van der Waals surface area contributed by atoms with Crippen molar-refractivity contribution in [2.24, 2.45) is 5.73 Å². The number of rotatable bonds is 3. The van der Waals surface area contributed by atoms with Gasteiger partial charge in [0.05, 0.1) is 16.3 Å². The first-order valence-corrected chi connectivity index (χ1v) is 6.20. The molecule has 0 unspecified atom stereocenters. The lowest BCUT2D eigenvalue weighted by atomic mass is 10.1. The summed E-state index contributed by atoms with van der Waals surface area (Å²) in [7, 11) is 0. The highest BCUT2D eigenvalue weighted by Gasteiger charge is 1.99. The van der Waals surface area contributed by atoms with Crippen LogP contribution < -0.4 is 5.73 Å². The molecule has 5 heteroatoms. The summed E-state index contributed by atoms with van der Waals surface area (Å²) in [5.41, 5.74) is 7.61. The fourth-order valence-corrected chi connectivity index (χ4v) is 1.97. The van der Waals surface area contributed by atoms with Crippen molar-refractivity contribution in [2.75, 3.05) is 0 Å². The number of nitrogens with two attached hydrogens (primary N) is 1. The van der Waals surface area contributed by atoms with Gasteiger partial charge < -0.3 is 5.73 Å². The molecule has 0 amide bonds. The molecule has 0 spiro atoms. The van der Waals surface area contributed by atoms with Crippen LogP contribution in [0.5, 0.6) is 0 Å². The Kier molecular flexibility index (Phi) is 3.55. The normalized spacial score (nSPS) is 10.3. The van der Waals surface area contributed by atoms with Crippen LogP contribution in [0.2, 0.25) is 0 Å². The Bertz CT molecular complexity index is 504. The molecule has 0 fully saturated rings. The van der Waals surface area contributed by atoms with E-state index in [1.54, 1.807) is 0 Å².